The zero-order valence-electron chi connectivity index (χ0n) is 24.2. The Kier molecular flexibility index (Phi) is 7.23. The third kappa shape index (κ3) is 4.77. The van der Waals surface area contributed by atoms with E-state index in [1.807, 2.05) is 4.90 Å². The number of ether oxygens (including phenoxy) is 2. The molecule has 3 aliphatic heterocycles. The molecule has 0 amide bonds. The summed E-state index contributed by atoms with van der Waals surface area (Å²) in [6.45, 7) is 3.94. The second-order valence-electron chi connectivity index (χ2n) is 11.9. The molecule has 4 aromatic rings. The maximum atomic E-state index is 14.8. The second-order valence-corrected chi connectivity index (χ2v) is 11.9. The van der Waals surface area contributed by atoms with E-state index in [4.69, 9.17) is 20.9 Å². The van der Waals surface area contributed by atoms with Gasteiger partial charge in [-0.1, -0.05) is 12.0 Å². The van der Waals surface area contributed by atoms with Crippen molar-refractivity contribution >= 4 is 27.6 Å². The third-order valence-electron chi connectivity index (χ3n) is 9.20. The first-order chi connectivity index (χ1) is 21.4. The molecular formula is C33H32F2N6O3. The second kappa shape index (κ2) is 11.2. The van der Waals surface area contributed by atoms with Gasteiger partial charge < -0.3 is 24.0 Å². The molecule has 3 fully saturated rings. The molecule has 0 bridgehead atoms. The Morgan fingerprint density at radius 1 is 1.18 bits per heavy atom. The summed E-state index contributed by atoms with van der Waals surface area (Å²) in [6.07, 6.45) is 9.42. The highest BCUT2D eigenvalue weighted by Gasteiger charge is 2.49. The number of nitriles is 1. The van der Waals surface area contributed by atoms with E-state index < -0.39 is 17.5 Å². The van der Waals surface area contributed by atoms with Crippen molar-refractivity contribution in [3.63, 3.8) is 0 Å². The van der Waals surface area contributed by atoms with E-state index in [0.717, 1.165) is 25.8 Å². The summed E-state index contributed by atoms with van der Waals surface area (Å²) in [5.41, 5.74) is 1.51. The number of anilines is 1. The molecule has 0 radical (unpaired) electrons. The molecule has 2 atom stereocenters. The molecule has 0 aliphatic carbocycles. The fourth-order valence-corrected chi connectivity index (χ4v) is 7.23. The van der Waals surface area contributed by atoms with Gasteiger partial charge in [-0.05, 0) is 55.0 Å². The molecule has 3 aliphatic rings. The highest BCUT2D eigenvalue weighted by atomic mass is 19.1. The number of fused-ring (bicyclic) bond motifs is 3. The summed E-state index contributed by atoms with van der Waals surface area (Å²) in [4.78, 5) is 13.7. The monoisotopic (exact) mass is 598 g/mol. The first kappa shape index (κ1) is 28.3. The third-order valence-corrected chi connectivity index (χ3v) is 9.20. The first-order valence-corrected chi connectivity index (χ1v) is 14.9. The Morgan fingerprint density at radius 2 is 2.07 bits per heavy atom. The summed E-state index contributed by atoms with van der Waals surface area (Å²) >= 11 is 0. The van der Waals surface area contributed by atoms with Crippen LogP contribution in [0.3, 0.4) is 0 Å². The minimum atomic E-state index is -0.894. The highest BCUT2D eigenvalue weighted by Crippen LogP contribution is 2.41. The summed E-state index contributed by atoms with van der Waals surface area (Å²) in [6, 6.07) is 8.31. The van der Waals surface area contributed by atoms with E-state index >= 15 is 0 Å². The number of alkyl halides is 1. The van der Waals surface area contributed by atoms with Crippen LogP contribution < -0.4 is 9.64 Å². The van der Waals surface area contributed by atoms with Gasteiger partial charge in [-0.3, -0.25) is 4.90 Å². The number of phenols is 1. The molecule has 7 rings (SSSR count). The molecule has 3 saturated heterocycles. The largest absolute Gasteiger partial charge is 0.508 e. The van der Waals surface area contributed by atoms with Gasteiger partial charge in [0, 0.05) is 44.6 Å². The quantitative estimate of drug-likeness (QED) is 0.324. The molecule has 226 valence electrons. The Morgan fingerprint density at radius 3 is 2.91 bits per heavy atom. The number of aromatic nitrogens is 3. The summed E-state index contributed by atoms with van der Waals surface area (Å²) in [5, 5.41) is 22.1. The SMILES string of the molecule is C#Cc1c(F)ccc2cc(O)cc(Cn3cnc4c(OC[C@@]56CCCN5C[C@H](F)C6)nc(N5CCCOCC5)c(C#N)c43)c12. The van der Waals surface area contributed by atoms with Crippen LogP contribution in [-0.2, 0) is 11.3 Å². The van der Waals surface area contributed by atoms with Gasteiger partial charge in [0.25, 0.3) is 0 Å². The fraction of sp³-hybridized carbons (Fsp3) is 0.424. The number of phenolic OH excluding ortho intramolecular Hbond substituents is 1. The number of terminal acetylenes is 1. The van der Waals surface area contributed by atoms with Crippen LogP contribution in [0.15, 0.2) is 30.6 Å². The van der Waals surface area contributed by atoms with Gasteiger partial charge in [0.15, 0.2) is 11.3 Å². The van der Waals surface area contributed by atoms with Crippen molar-refractivity contribution in [3.8, 4) is 30.0 Å². The normalized spacial score (nSPS) is 22.2. The van der Waals surface area contributed by atoms with Gasteiger partial charge in [0.1, 0.15) is 36.0 Å². The molecule has 5 heterocycles. The topological polar surface area (TPSA) is 99.7 Å². The minimum absolute atomic E-state index is 0.00561. The zero-order chi connectivity index (χ0) is 30.4. The number of rotatable bonds is 6. The van der Waals surface area contributed by atoms with Crippen LogP contribution in [0.4, 0.5) is 14.6 Å². The van der Waals surface area contributed by atoms with E-state index in [0.29, 0.717) is 78.0 Å². The molecule has 0 unspecified atom stereocenters. The average Bonchev–Trinajstić information content (AvgIpc) is 3.60. The summed E-state index contributed by atoms with van der Waals surface area (Å²) in [7, 11) is 0. The van der Waals surface area contributed by atoms with Crippen molar-refractivity contribution in [1.82, 2.24) is 19.4 Å². The number of nitrogens with zero attached hydrogens (tertiary/aromatic N) is 6. The van der Waals surface area contributed by atoms with Crippen LogP contribution >= 0.6 is 0 Å². The number of aromatic hydroxyl groups is 1. The van der Waals surface area contributed by atoms with Crippen molar-refractivity contribution < 1.29 is 23.4 Å². The van der Waals surface area contributed by atoms with Crippen LogP contribution in [0.5, 0.6) is 11.6 Å². The summed E-state index contributed by atoms with van der Waals surface area (Å²) in [5.74, 6) is 2.67. The Balaban J connectivity index is 1.36. The molecule has 9 nitrogen and oxygen atoms in total. The number of benzene rings is 2. The van der Waals surface area contributed by atoms with Gasteiger partial charge in [-0.25, -0.2) is 13.8 Å². The predicted octanol–water partition coefficient (Wildman–Crippen LogP) is 4.51. The van der Waals surface area contributed by atoms with E-state index in [1.54, 1.807) is 23.0 Å². The van der Waals surface area contributed by atoms with Crippen molar-refractivity contribution in [2.75, 3.05) is 50.9 Å². The van der Waals surface area contributed by atoms with Crippen molar-refractivity contribution in [2.45, 2.75) is 43.9 Å². The molecule has 1 N–H and O–H groups in total. The number of hydrogen-bond donors (Lipinski definition) is 1. The lowest BCUT2D eigenvalue weighted by atomic mass is 9.95. The van der Waals surface area contributed by atoms with Crippen molar-refractivity contribution in [3.05, 3.63) is 53.1 Å². The van der Waals surface area contributed by atoms with E-state index in [2.05, 4.69) is 21.9 Å². The van der Waals surface area contributed by atoms with Crippen LogP contribution in [0.1, 0.15) is 42.4 Å². The van der Waals surface area contributed by atoms with E-state index in [9.17, 15) is 19.1 Å². The molecular weight excluding hydrogens is 566 g/mol. The number of imidazole rings is 1. The van der Waals surface area contributed by atoms with Gasteiger partial charge in [-0.15, -0.1) is 6.42 Å². The molecule has 0 saturated carbocycles. The molecule has 44 heavy (non-hydrogen) atoms. The number of pyridine rings is 1. The lowest BCUT2D eigenvalue weighted by molar-refractivity contribution is 0.111. The zero-order valence-corrected chi connectivity index (χ0v) is 24.2. The van der Waals surface area contributed by atoms with Crippen LogP contribution in [0, 0.1) is 29.5 Å². The predicted molar refractivity (Wildman–Crippen MR) is 161 cm³/mol. The van der Waals surface area contributed by atoms with E-state index in [-0.39, 0.29) is 30.3 Å². The molecule has 2 aromatic heterocycles. The van der Waals surface area contributed by atoms with Gasteiger partial charge >= 0.3 is 0 Å². The summed E-state index contributed by atoms with van der Waals surface area (Å²) < 4.78 is 43.2. The minimum Gasteiger partial charge on any atom is -0.508 e. The maximum absolute atomic E-state index is 14.8. The number of hydrogen-bond acceptors (Lipinski definition) is 8. The van der Waals surface area contributed by atoms with Crippen LogP contribution in [-0.4, -0.2) is 82.3 Å². The van der Waals surface area contributed by atoms with E-state index in [1.165, 1.54) is 12.1 Å². The first-order valence-electron chi connectivity index (χ1n) is 14.9. The Labute approximate surface area is 253 Å². The standard InChI is InChI=1S/C33H32F2N6O3/c1-2-25-27(35)6-5-21-13-24(42)14-22(28(21)25)17-40-20-37-29-30(40)26(16-36)31(39-8-4-11-43-12-10-39)38-32(29)44-19-33-7-3-9-41(33)18-23(34)15-33/h1,5-6,13-14,20,23,42H,3-4,7-12,15,17-19H2/t23-,33+/m1/s1. The van der Waals surface area contributed by atoms with Gasteiger partial charge in [0.2, 0.25) is 5.88 Å². The maximum Gasteiger partial charge on any atom is 0.244 e. The lowest BCUT2D eigenvalue weighted by Crippen LogP contribution is -2.43. The van der Waals surface area contributed by atoms with Crippen molar-refractivity contribution in [1.29, 1.82) is 5.26 Å². The van der Waals surface area contributed by atoms with Gasteiger partial charge in [0.05, 0.1) is 29.6 Å². The van der Waals surface area contributed by atoms with Crippen LogP contribution in [0.25, 0.3) is 21.8 Å². The number of halogens is 2. The lowest BCUT2D eigenvalue weighted by Gasteiger charge is -2.31. The highest BCUT2D eigenvalue weighted by molar-refractivity contribution is 5.93. The smallest absolute Gasteiger partial charge is 0.244 e. The Bertz CT molecular complexity index is 1840. The molecule has 11 heteroatoms. The van der Waals surface area contributed by atoms with Gasteiger partial charge in [-0.2, -0.15) is 10.2 Å². The molecule has 0 spiro atoms. The fourth-order valence-electron chi connectivity index (χ4n) is 7.23. The molecule has 2 aromatic carbocycles. The average molecular weight is 599 g/mol. The van der Waals surface area contributed by atoms with Crippen LogP contribution in [0.2, 0.25) is 0 Å². The Hall–Kier alpha value is -4.45. The van der Waals surface area contributed by atoms with Crippen molar-refractivity contribution in [2.24, 2.45) is 0 Å².